The number of fused-ring (bicyclic) bond motifs is 11. The minimum Gasteiger partial charge on any atom is -0.454 e. The lowest BCUT2D eigenvalue weighted by Crippen LogP contribution is -2.20. The highest BCUT2D eigenvalue weighted by Gasteiger charge is 2.36. The fraction of sp³-hybridized carbons (Fsp3) is 0.0377. The monoisotopic (exact) mass is 746 g/mol. The molecule has 4 heteroatoms. The molecule has 2 atom stereocenters. The molecule has 0 bridgehead atoms. The summed E-state index contributed by atoms with van der Waals surface area (Å²) in [5.74, 6) is 1.10. The number of hydrogen-bond donors (Lipinski definition) is 0. The molecule has 0 saturated carbocycles. The van der Waals surface area contributed by atoms with Crippen molar-refractivity contribution in [1.82, 2.24) is 4.98 Å². The molecular weight excluding hydrogens is 713 g/mol. The first kappa shape index (κ1) is 32.4. The summed E-state index contributed by atoms with van der Waals surface area (Å²) in [6.45, 7) is 0. The SMILES string of the molecule is C1=CC2c3c(c4ccccc4c4ccccc34)SC2C=C1N(c1ccc(-c2cc3ncccc3o2)cc1)c1ccc(-c2c3ccccc3cc3ccccc23)cc1. The second-order valence-corrected chi connectivity index (χ2v) is 16.2. The van der Waals surface area contributed by atoms with Gasteiger partial charge in [-0.2, -0.15) is 0 Å². The van der Waals surface area contributed by atoms with Crippen molar-refractivity contribution in [3.05, 3.63) is 206 Å². The lowest BCUT2D eigenvalue weighted by Gasteiger charge is -2.30. The molecule has 268 valence electrons. The van der Waals surface area contributed by atoms with E-state index < -0.39 is 0 Å². The number of allylic oxidation sites excluding steroid dienone is 2. The van der Waals surface area contributed by atoms with E-state index >= 15 is 0 Å². The van der Waals surface area contributed by atoms with Crippen LogP contribution >= 0.6 is 11.8 Å². The first-order chi connectivity index (χ1) is 28.2. The van der Waals surface area contributed by atoms with Gasteiger partial charge in [0.1, 0.15) is 11.3 Å². The molecule has 1 aliphatic carbocycles. The fourth-order valence-corrected chi connectivity index (χ4v) is 10.8. The quantitative estimate of drug-likeness (QED) is 0.130. The van der Waals surface area contributed by atoms with Crippen LogP contribution in [0.15, 0.2) is 209 Å². The van der Waals surface area contributed by atoms with Crippen LogP contribution < -0.4 is 4.90 Å². The maximum Gasteiger partial charge on any atom is 0.153 e. The smallest absolute Gasteiger partial charge is 0.153 e. The lowest BCUT2D eigenvalue weighted by atomic mass is 9.86. The Kier molecular flexibility index (Phi) is 7.29. The molecule has 0 N–H and O–H groups in total. The number of rotatable bonds is 5. The van der Waals surface area contributed by atoms with Gasteiger partial charge in [0, 0.05) is 51.0 Å². The molecule has 2 unspecified atom stereocenters. The third-order valence-corrected chi connectivity index (χ3v) is 13.2. The van der Waals surface area contributed by atoms with Crippen LogP contribution in [0.1, 0.15) is 11.5 Å². The van der Waals surface area contributed by atoms with Gasteiger partial charge in [0.05, 0.1) is 0 Å². The van der Waals surface area contributed by atoms with Gasteiger partial charge in [-0.15, -0.1) is 11.8 Å². The molecule has 0 saturated heterocycles. The highest BCUT2D eigenvalue weighted by Crippen LogP contribution is 2.55. The number of anilines is 2. The summed E-state index contributed by atoms with van der Waals surface area (Å²) >= 11 is 2.01. The van der Waals surface area contributed by atoms with Crippen molar-refractivity contribution in [2.75, 3.05) is 4.90 Å². The zero-order chi connectivity index (χ0) is 37.5. The summed E-state index contributed by atoms with van der Waals surface area (Å²) in [7, 11) is 0. The van der Waals surface area contributed by atoms with Crippen molar-refractivity contribution < 1.29 is 4.42 Å². The first-order valence-electron chi connectivity index (χ1n) is 19.5. The summed E-state index contributed by atoms with van der Waals surface area (Å²) in [6.07, 6.45) is 9.08. The zero-order valence-corrected chi connectivity index (χ0v) is 31.7. The average Bonchev–Trinajstić information content (AvgIpc) is 3.89. The topological polar surface area (TPSA) is 29.3 Å². The van der Waals surface area contributed by atoms with Gasteiger partial charge in [0.25, 0.3) is 0 Å². The van der Waals surface area contributed by atoms with Crippen LogP contribution in [0.5, 0.6) is 0 Å². The van der Waals surface area contributed by atoms with Gasteiger partial charge in [0.15, 0.2) is 5.58 Å². The Labute approximate surface area is 334 Å². The predicted molar refractivity (Wildman–Crippen MR) is 240 cm³/mol. The molecule has 0 amide bonds. The van der Waals surface area contributed by atoms with Crippen LogP contribution in [0, 0.1) is 0 Å². The molecule has 0 radical (unpaired) electrons. The summed E-state index contributed by atoms with van der Waals surface area (Å²) in [5.41, 5.74) is 9.95. The van der Waals surface area contributed by atoms with Crippen LogP contribution in [-0.4, -0.2) is 10.2 Å². The maximum absolute atomic E-state index is 6.21. The molecule has 3 heterocycles. The molecule has 1 aliphatic heterocycles. The average molecular weight is 747 g/mol. The van der Waals surface area contributed by atoms with Crippen molar-refractivity contribution >= 4 is 77.3 Å². The Morgan fingerprint density at radius 3 is 1.82 bits per heavy atom. The van der Waals surface area contributed by atoms with E-state index in [1.54, 1.807) is 6.20 Å². The third kappa shape index (κ3) is 5.18. The molecule has 12 rings (SSSR count). The fourth-order valence-electron chi connectivity index (χ4n) is 9.22. The van der Waals surface area contributed by atoms with E-state index in [0.29, 0.717) is 0 Å². The number of pyridine rings is 1. The summed E-state index contributed by atoms with van der Waals surface area (Å²) in [5, 5.41) is 10.7. The van der Waals surface area contributed by atoms with Crippen molar-refractivity contribution in [1.29, 1.82) is 0 Å². The summed E-state index contributed by atoms with van der Waals surface area (Å²) in [6, 6.07) is 61.4. The predicted octanol–water partition coefficient (Wildman–Crippen LogP) is 14.6. The standard InChI is InChI=1S/C53H34N2OS/c1-3-12-40-35(10-1)30-36-11-2-4-13-41(36)51(40)34-21-25-38(26-22-34)55(37-23-19-33(20-24-37)49-32-47-48(56-49)18-9-29-54-47)39-27-28-46-50(31-39)57-53-45-17-8-6-15-43(45)42-14-5-7-16-44(42)52(46)53/h1-32,46,50H. The Bertz CT molecular complexity index is 3200. The lowest BCUT2D eigenvalue weighted by molar-refractivity contribution is 0.631. The van der Waals surface area contributed by atoms with Gasteiger partial charge in [-0.3, -0.25) is 4.98 Å². The number of nitrogens with zero attached hydrogens (tertiary/aromatic N) is 2. The second-order valence-electron chi connectivity index (χ2n) is 15.0. The minimum atomic E-state index is 0.264. The first-order valence-corrected chi connectivity index (χ1v) is 20.4. The van der Waals surface area contributed by atoms with Crippen molar-refractivity contribution in [2.45, 2.75) is 16.1 Å². The summed E-state index contributed by atoms with van der Waals surface area (Å²) in [4.78, 5) is 8.30. The summed E-state index contributed by atoms with van der Waals surface area (Å²) < 4.78 is 6.21. The second kappa shape index (κ2) is 12.8. The Morgan fingerprint density at radius 2 is 1.14 bits per heavy atom. The highest BCUT2D eigenvalue weighted by atomic mass is 32.2. The molecule has 2 aromatic heterocycles. The van der Waals surface area contributed by atoms with Crippen molar-refractivity contribution in [3.8, 4) is 22.5 Å². The van der Waals surface area contributed by atoms with E-state index in [0.717, 1.165) is 39.5 Å². The van der Waals surface area contributed by atoms with Crippen LogP contribution in [0.4, 0.5) is 11.4 Å². The van der Waals surface area contributed by atoms with Crippen LogP contribution in [0.2, 0.25) is 0 Å². The molecular formula is C53H34N2OS. The van der Waals surface area contributed by atoms with Crippen LogP contribution in [0.3, 0.4) is 0 Å². The Morgan fingerprint density at radius 1 is 0.544 bits per heavy atom. The Balaban J connectivity index is 0.980. The molecule has 57 heavy (non-hydrogen) atoms. The minimum absolute atomic E-state index is 0.264. The highest BCUT2D eigenvalue weighted by molar-refractivity contribution is 8.00. The van der Waals surface area contributed by atoms with E-state index in [1.807, 2.05) is 30.0 Å². The number of benzene rings is 8. The van der Waals surface area contributed by atoms with Crippen LogP contribution in [0.25, 0.3) is 76.6 Å². The van der Waals surface area contributed by atoms with E-state index in [-0.39, 0.29) is 11.2 Å². The van der Waals surface area contributed by atoms with Crippen molar-refractivity contribution in [3.63, 3.8) is 0 Å². The van der Waals surface area contributed by atoms with E-state index in [2.05, 4.69) is 180 Å². The van der Waals surface area contributed by atoms with Crippen LogP contribution in [-0.2, 0) is 0 Å². The molecule has 3 nitrogen and oxygen atoms in total. The molecule has 2 aliphatic rings. The molecule has 0 spiro atoms. The van der Waals surface area contributed by atoms with Gasteiger partial charge in [-0.25, -0.2) is 0 Å². The zero-order valence-electron chi connectivity index (χ0n) is 30.8. The third-order valence-electron chi connectivity index (χ3n) is 11.8. The molecule has 0 fully saturated rings. The van der Waals surface area contributed by atoms with Gasteiger partial charge >= 0.3 is 0 Å². The van der Waals surface area contributed by atoms with Crippen molar-refractivity contribution in [2.24, 2.45) is 0 Å². The van der Waals surface area contributed by atoms with Gasteiger partial charge in [-0.1, -0.05) is 115 Å². The van der Waals surface area contributed by atoms with Gasteiger partial charge < -0.3 is 9.32 Å². The number of furan rings is 1. The number of hydrogen-bond acceptors (Lipinski definition) is 4. The molecule has 8 aromatic carbocycles. The Hall–Kier alpha value is -6.88. The van der Waals surface area contributed by atoms with E-state index in [4.69, 9.17) is 4.42 Å². The van der Waals surface area contributed by atoms with Gasteiger partial charge in [-0.05, 0) is 127 Å². The number of aromatic nitrogens is 1. The maximum atomic E-state index is 6.21. The van der Waals surface area contributed by atoms with E-state index in [9.17, 15) is 0 Å². The normalized spacial score (nSPS) is 16.0. The largest absolute Gasteiger partial charge is 0.454 e. The number of thioether (sulfide) groups is 1. The molecule has 10 aromatic rings. The van der Waals surface area contributed by atoms with Gasteiger partial charge in [0.2, 0.25) is 0 Å². The van der Waals surface area contributed by atoms with E-state index in [1.165, 1.54) is 64.7 Å².